The van der Waals surface area contributed by atoms with Crippen LogP contribution in [0.15, 0.2) is 24.3 Å². The van der Waals surface area contributed by atoms with Crippen molar-refractivity contribution in [3.8, 4) is 0 Å². The van der Waals surface area contributed by atoms with Gasteiger partial charge in [0.25, 0.3) is 0 Å². The lowest BCUT2D eigenvalue weighted by molar-refractivity contribution is -0.131. The lowest BCUT2D eigenvalue weighted by Gasteiger charge is -2.33. The molecule has 1 aliphatic heterocycles. The normalized spacial score (nSPS) is 15.5. The van der Waals surface area contributed by atoms with Gasteiger partial charge in [0.15, 0.2) is 9.84 Å². The summed E-state index contributed by atoms with van der Waals surface area (Å²) in [5.74, 6) is 0.449. The summed E-state index contributed by atoms with van der Waals surface area (Å²) in [6.07, 6.45) is 1.85. The number of likely N-dealkylation sites (tertiary alicyclic amines) is 1. The van der Waals surface area contributed by atoms with Crippen LogP contribution in [0.3, 0.4) is 0 Å². The van der Waals surface area contributed by atoms with Gasteiger partial charge in [-0.25, -0.2) is 8.42 Å². The van der Waals surface area contributed by atoms with Crippen molar-refractivity contribution in [3.05, 3.63) is 29.8 Å². The average molecular weight is 497 g/mol. The third-order valence-electron chi connectivity index (χ3n) is 6.43. The van der Waals surface area contributed by atoms with E-state index in [0.717, 1.165) is 37.2 Å². The Bertz CT molecular complexity index is 831. The molecule has 7 nitrogen and oxygen atoms in total. The number of sulfone groups is 1. The molecule has 1 aromatic rings. The van der Waals surface area contributed by atoms with Crippen molar-refractivity contribution in [1.29, 1.82) is 0 Å². The van der Waals surface area contributed by atoms with Crippen LogP contribution in [-0.4, -0.2) is 82.3 Å². The highest BCUT2D eigenvalue weighted by Crippen LogP contribution is 2.25. The Kier molecular flexibility index (Phi) is 11.3. The van der Waals surface area contributed by atoms with E-state index in [4.69, 9.17) is 9.47 Å². The highest BCUT2D eigenvalue weighted by atomic mass is 32.2. The summed E-state index contributed by atoms with van der Waals surface area (Å²) in [7, 11) is -3.13. The zero-order chi connectivity index (χ0) is 25.2. The van der Waals surface area contributed by atoms with E-state index in [0.29, 0.717) is 45.9 Å². The largest absolute Gasteiger partial charge is 0.380 e. The number of piperidine rings is 1. The number of hydrogen-bond acceptors (Lipinski definition) is 6. The summed E-state index contributed by atoms with van der Waals surface area (Å²) >= 11 is 0. The summed E-state index contributed by atoms with van der Waals surface area (Å²) in [6, 6.07) is 8.16. The molecule has 0 radical (unpaired) electrons. The first-order valence-corrected chi connectivity index (χ1v) is 14.2. The Hall–Kier alpha value is -1.64. The fraction of sp³-hybridized carbons (Fsp3) is 0.731. The highest BCUT2D eigenvalue weighted by molar-refractivity contribution is 7.92. The molecule has 34 heavy (non-hydrogen) atoms. The van der Waals surface area contributed by atoms with Crippen LogP contribution in [0, 0.1) is 5.92 Å². The van der Waals surface area contributed by atoms with Gasteiger partial charge in [0.1, 0.15) is 0 Å². The molecule has 1 saturated heterocycles. The Labute approximate surface area is 206 Å². The van der Waals surface area contributed by atoms with Crippen molar-refractivity contribution in [3.63, 3.8) is 0 Å². The average Bonchev–Trinajstić information content (AvgIpc) is 2.78. The predicted octanol–water partition coefficient (Wildman–Crippen LogP) is 3.56. The smallest absolute Gasteiger partial charge is 0.226 e. The quantitative estimate of drug-likeness (QED) is 0.389. The second kappa shape index (κ2) is 13.4. The van der Waals surface area contributed by atoms with Gasteiger partial charge in [-0.2, -0.15) is 0 Å². The first-order chi connectivity index (χ1) is 16.1. The van der Waals surface area contributed by atoms with Gasteiger partial charge in [-0.15, -0.1) is 0 Å². The van der Waals surface area contributed by atoms with Crippen LogP contribution in [0.1, 0.15) is 53.0 Å². The van der Waals surface area contributed by atoms with E-state index >= 15 is 0 Å². The second-order valence-corrected chi connectivity index (χ2v) is 12.7. The molecule has 0 saturated carbocycles. The summed E-state index contributed by atoms with van der Waals surface area (Å²) in [6.45, 7) is 14.8. The molecule has 194 valence electrons. The monoisotopic (exact) mass is 496 g/mol. The SMILES string of the molecule is CCOCCN(CCOCC)c1ccc(CC(=O)N2CCC(CS(=O)(=O)C(C)(C)C)CC2)cc1. The zero-order valence-electron chi connectivity index (χ0n) is 21.7. The standard InChI is InChI=1S/C26H44N2O5S/c1-6-32-18-16-27(17-19-33-7-2)24-10-8-22(9-11-24)20-25(29)28-14-12-23(13-15-28)21-34(30,31)26(3,4)5/h8-11,23H,6-7,12-21H2,1-5H3. The summed E-state index contributed by atoms with van der Waals surface area (Å²) in [5.41, 5.74) is 2.08. The van der Waals surface area contributed by atoms with E-state index < -0.39 is 14.6 Å². The molecule has 0 aliphatic carbocycles. The predicted molar refractivity (Wildman–Crippen MR) is 138 cm³/mol. The lowest BCUT2D eigenvalue weighted by Crippen LogP contribution is -2.42. The van der Waals surface area contributed by atoms with Crippen LogP contribution in [-0.2, 0) is 30.5 Å². The fourth-order valence-corrected chi connectivity index (χ4v) is 5.48. The Morgan fingerprint density at radius 3 is 2.00 bits per heavy atom. The number of rotatable bonds is 13. The first kappa shape index (κ1) is 28.6. The van der Waals surface area contributed by atoms with Gasteiger partial charge in [-0.3, -0.25) is 4.79 Å². The number of carbonyl (C=O) groups excluding carboxylic acids is 1. The number of carbonyl (C=O) groups is 1. The molecule has 1 aliphatic rings. The van der Waals surface area contributed by atoms with E-state index in [-0.39, 0.29) is 17.6 Å². The molecule has 0 unspecified atom stereocenters. The zero-order valence-corrected chi connectivity index (χ0v) is 22.5. The lowest BCUT2D eigenvalue weighted by atomic mass is 9.98. The van der Waals surface area contributed by atoms with Gasteiger partial charge < -0.3 is 19.3 Å². The summed E-state index contributed by atoms with van der Waals surface area (Å²) in [4.78, 5) is 17.0. The summed E-state index contributed by atoms with van der Waals surface area (Å²) in [5, 5.41) is 0. The van der Waals surface area contributed by atoms with Crippen molar-refractivity contribution in [2.24, 2.45) is 5.92 Å². The van der Waals surface area contributed by atoms with Gasteiger partial charge in [0.2, 0.25) is 5.91 Å². The maximum Gasteiger partial charge on any atom is 0.226 e. The van der Waals surface area contributed by atoms with E-state index in [1.165, 1.54) is 0 Å². The number of hydrogen-bond donors (Lipinski definition) is 0. The Morgan fingerprint density at radius 2 is 1.53 bits per heavy atom. The van der Waals surface area contributed by atoms with Gasteiger partial charge in [0.05, 0.1) is 30.1 Å². The molecular formula is C26H44N2O5S. The van der Waals surface area contributed by atoms with Gasteiger partial charge in [-0.05, 0) is 71.1 Å². The number of ether oxygens (including phenoxy) is 2. The molecule has 0 atom stereocenters. The molecule has 1 amide bonds. The van der Waals surface area contributed by atoms with Crippen LogP contribution in [0.2, 0.25) is 0 Å². The van der Waals surface area contributed by atoms with Gasteiger partial charge >= 0.3 is 0 Å². The van der Waals surface area contributed by atoms with Crippen molar-refractivity contribution in [2.45, 2.75) is 58.6 Å². The van der Waals surface area contributed by atoms with E-state index in [1.807, 2.05) is 30.9 Å². The number of benzene rings is 1. The number of anilines is 1. The summed E-state index contributed by atoms with van der Waals surface area (Å²) < 4.78 is 35.3. The van der Waals surface area contributed by atoms with E-state index in [2.05, 4.69) is 17.0 Å². The van der Waals surface area contributed by atoms with E-state index in [1.54, 1.807) is 20.8 Å². The van der Waals surface area contributed by atoms with Crippen molar-refractivity contribution in [2.75, 3.05) is 63.3 Å². The van der Waals surface area contributed by atoms with Crippen LogP contribution >= 0.6 is 0 Å². The van der Waals surface area contributed by atoms with Gasteiger partial charge in [-0.1, -0.05) is 12.1 Å². The molecule has 1 heterocycles. The first-order valence-electron chi connectivity index (χ1n) is 12.6. The Balaban J connectivity index is 1.88. The third kappa shape index (κ3) is 8.86. The van der Waals surface area contributed by atoms with Crippen LogP contribution in [0.4, 0.5) is 5.69 Å². The van der Waals surface area contributed by atoms with Crippen molar-refractivity contribution >= 4 is 21.4 Å². The van der Waals surface area contributed by atoms with Crippen molar-refractivity contribution in [1.82, 2.24) is 4.90 Å². The second-order valence-electron chi connectivity index (χ2n) is 9.94. The topological polar surface area (TPSA) is 76.2 Å². The molecule has 1 aromatic carbocycles. The van der Waals surface area contributed by atoms with Crippen LogP contribution < -0.4 is 4.90 Å². The minimum Gasteiger partial charge on any atom is -0.380 e. The maximum absolute atomic E-state index is 12.9. The third-order valence-corrected chi connectivity index (χ3v) is 9.21. The van der Waals surface area contributed by atoms with Gasteiger partial charge in [0, 0.05) is 45.1 Å². The van der Waals surface area contributed by atoms with Crippen LogP contribution in [0.5, 0.6) is 0 Å². The Morgan fingerprint density at radius 1 is 1.00 bits per heavy atom. The molecule has 0 N–H and O–H groups in total. The number of nitrogens with zero attached hydrogens (tertiary/aromatic N) is 2. The minimum absolute atomic E-state index is 0.106. The fourth-order valence-electron chi connectivity index (χ4n) is 4.03. The number of amides is 1. The molecule has 0 bridgehead atoms. The van der Waals surface area contributed by atoms with Crippen molar-refractivity contribution < 1.29 is 22.7 Å². The maximum atomic E-state index is 12.9. The molecular weight excluding hydrogens is 452 g/mol. The van der Waals surface area contributed by atoms with Crippen LogP contribution in [0.25, 0.3) is 0 Å². The van der Waals surface area contributed by atoms with E-state index in [9.17, 15) is 13.2 Å². The molecule has 0 spiro atoms. The minimum atomic E-state index is -3.13. The molecule has 2 rings (SSSR count). The molecule has 1 fully saturated rings. The molecule has 8 heteroatoms. The highest BCUT2D eigenvalue weighted by Gasteiger charge is 2.33. The molecule has 0 aromatic heterocycles.